The third-order valence-electron chi connectivity index (χ3n) is 2.51. The van der Waals surface area contributed by atoms with Gasteiger partial charge in [0.05, 0.1) is 25.8 Å². The number of nitrogens with zero attached hydrogens (tertiary/aromatic N) is 3. The van der Waals surface area contributed by atoms with E-state index in [0.29, 0.717) is 5.82 Å². The molecule has 0 bridgehead atoms. The normalized spacial score (nSPS) is 10.9. The first kappa shape index (κ1) is 16.6. The van der Waals surface area contributed by atoms with Crippen LogP contribution in [0.3, 0.4) is 0 Å². The number of aromatic nitrogens is 2. The molecule has 0 aliphatic carbocycles. The molecule has 1 aromatic heterocycles. The highest BCUT2D eigenvalue weighted by molar-refractivity contribution is 5.92. The average molecular weight is 298 g/mol. The van der Waals surface area contributed by atoms with Crippen LogP contribution in [0, 0.1) is 0 Å². The van der Waals surface area contributed by atoms with Crippen molar-refractivity contribution in [3.8, 4) is 0 Å². The minimum Gasteiger partial charge on any atom is -0.480 e. The first-order valence-electron chi connectivity index (χ1n) is 6.29. The highest BCUT2D eigenvalue weighted by atomic mass is 16.4. The van der Waals surface area contributed by atoms with Crippen molar-refractivity contribution >= 4 is 23.7 Å². The molecule has 0 radical (unpaired) electrons. The van der Waals surface area contributed by atoms with Crippen LogP contribution in [0.2, 0.25) is 0 Å². The molecule has 1 heterocycles. The summed E-state index contributed by atoms with van der Waals surface area (Å²) in [5, 5.41) is 24.0. The lowest BCUT2D eigenvalue weighted by Crippen LogP contribution is -2.40. The molecule has 0 saturated heterocycles. The Balaban J connectivity index is 2.66. The predicted molar refractivity (Wildman–Crippen MR) is 73.0 cm³/mol. The first-order chi connectivity index (χ1) is 9.79. The van der Waals surface area contributed by atoms with Gasteiger partial charge < -0.3 is 15.5 Å². The Labute approximate surface area is 121 Å². The second kappa shape index (κ2) is 7.39. The summed E-state index contributed by atoms with van der Waals surface area (Å²) in [4.78, 5) is 34.2. The molecule has 0 fully saturated rings. The maximum absolute atomic E-state index is 11.9. The highest BCUT2D eigenvalue weighted by Crippen LogP contribution is 2.12. The minimum absolute atomic E-state index is 0.0458. The second-order valence-electron chi connectivity index (χ2n) is 4.74. The van der Waals surface area contributed by atoms with E-state index >= 15 is 0 Å². The topological polar surface area (TPSA) is 125 Å². The van der Waals surface area contributed by atoms with Crippen LogP contribution in [-0.4, -0.2) is 62.4 Å². The number of carboxylic acids is 2. The molecule has 0 spiro atoms. The quantitative estimate of drug-likeness (QED) is 0.610. The molecule has 0 atom stereocenters. The van der Waals surface area contributed by atoms with Gasteiger partial charge in [0.2, 0.25) is 5.91 Å². The first-order valence-corrected chi connectivity index (χ1v) is 6.29. The largest absolute Gasteiger partial charge is 0.480 e. The zero-order valence-corrected chi connectivity index (χ0v) is 11.8. The Bertz CT molecular complexity index is 509. The van der Waals surface area contributed by atoms with Gasteiger partial charge in [-0.2, -0.15) is 5.10 Å². The fourth-order valence-electron chi connectivity index (χ4n) is 1.76. The molecule has 0 aliphatic rings. The predicted octanol–water partition coefficient (Wildman–Crippen LogP) is -0.126. The standard InChI is InChI=1S/C12H18N4O5/c1-8(2)16-9(3-4-13-16)14-10(17)5-15(6-11(18)19)7-12(20)21/h3-4,8H,5-7H2,1-2H3,(H,14,17)(H,18,19)(H,20,21). The Morgan fingerprint density at radius 3 is 2.29 bits per heavy atom. The van der Waals surface area contributed by atoms with Gasteiger partial charge in [0, 0.05) is 12.1 Å². The molecule has 1 rings (SSSR count). The van der Waals surface area contributed by atoms with Crippen LogP contribution in [0.15, 0.2) is 12.3 Å². The van der Waals surface area contributed by atoms with Gasteiger partial charge in [0.1, 0.15) is 5.82 Å². The minimum atomic E-state index is -1.20. The van der Waals surface area contributed by atoms with Gasteiger partial charge in [0.25, 0.3) is 0 Å². The summed E-state index contributed by atoms with van der Waals surface area (Å²) in [7, 11) is 0. The van der Waals surface area contributed by atoms with Crippen LogP contribution in [0.25, 0.3) is 0 Å². The Morgan fingerprint density at radius 2 is 1.81 bits per heavy atom. The van der Waals surface area contributed by atoms with Gasteiger partial charge in [0.15, 0.2) is 0 Å². The van der Waals surface area contributed by atoms with Crippen molar-refractivity contribution in [2.24, 2.45) is 0 Å². The zero-order valence-electron chi connectivity index (χ0n) is 11.8. The van der Waals surface area contributed by atoms with Crippen molar-refractivity contribution in [1.82, 2.24) is 14.7 Å². The molecule has 0 unspecified atom stereocenters. The van der Waals surface area contributed by atoms with Crippen LogP contribution in [0.4, 0.5) is 5.82 Å². The molecule has 0 saturated carbocycles. The number of hydrogen-bond donors (Lipinski definition) is 3. The van der Waals surface area contributed by atoms with E-state index in [4.69, 9.17) is 10.2 Å². The maximum Gasteiger partial charge on any atom is 0.317 e. The van der Waals surface area contributed by atoms with Crippen molar-refractivity contribution in [3.63, 3.8) is 0 Å². The molecule has 116 valence electrons. The van der Waals surface area contributed by atoms with E-state index in [0.717, 1.165) is 4.90 Å². The lowest BCUT2D eigenvalue weighted by molar-refractivity contribution is -0.142. The van der Waals surface area contributed by atoms with E-state index in [2.05, 4.69) is 10.4 Å². The number of nitrogens with one attached hydrogen (secondary N) is 1. The molecular weight excluding hydrogens is 280 g/mol. The van der Waals surface area contributed by atoms with E-state index in [1.165, 1.54) is 6.20 Å². The fourth-order valence-corrected chi connectivity index (χ4v) is 1.76. The second-order valence-corrected chi connectivity index (χ2v) is 4.74. The van der Waals surface area contributed by atoms with Crippen LogP contribution < -0.4 is 5.32 Å². The third kappa shape index (κ3) is 5.61. The van der Waals surface area contributed by atoms with Crippen molar-refractivity contribution in [2.75, 3.05) is 25.0 Å². The molecule has 0 aromatic carbocycles. The molecular formula is C12H18N4O5. The SMILES string of the molecule is CC(C)n1nccc1NC(=O)CN(CC(=O)O)CC(=O)O. The summed E-state index contributed by atoms with van der Waals surface area (Å²) in [6, 6.07) is 1.65. The maximum atomic E-state index is 11.9. The number of aliphatic carboxylic acids is 2. The number of carbonyl (C=O) groups excluding carboxylic acids is 1. The lowest BCUT2D eigenvalue weighted by Gasteiger charge is -2.18. The lowest BCUT2D eigenvalue weighted by atomic mass is 10.4. The van der Waals surface area contributed by atoms with E-state index < -0.39 is 30.9 Å². The van der Waals surface area contributed by atoms with Gasteiger partial charge in [-0.25, -0.2) is 4.68 Å². The summed E-state index contributed by atoms with van der Waals surface area (Å²) in [5.41, 5.74) is 0. The van der Waals surface area contributed by atoms with Gasteiger partial charge in [-0.3, -0.25) is 19.3 Å². The van der Waals surface area contributed by atoms with Gasteiger partial charge in [-0.05, 0) is 13.8 Å². The molecule has 1 amide bonds. The van der Waals surface area contributed by atoms with Crippen molar-refractivity contribution in [1.29, 1.82) is 0 Å². The molecule has 9 nitrogen and oxygen atoms in total. The smallest absolute Gasteiger partial charge is 0.317 e. The van der Waals surface area contributed by atoms with Crippen molar-refractivity contribution < 1.29 is 24.6 Å². The van der Waals surface area contributed by atoms with Crippen LogP contribution in [-0.2, 0) is 14.4 Å². The van der Waals surface area contributed by atoms with Crippen LogP contribution >= 0.6 is 0 Å². The number of anilines is 1. The molecule has 0 aliphatic heterocycles. The van der Waals surface area contributed by atoms with Gasteiger partial charge >= 0.3 is 11.9 Å². The number of carboxylic acid groups (broad SMARTS) is 2. The Kier molecular flexibility index (Phi) is 5.85. The molecule has 9 heteroatoms. The average Bonchev–Trinajstić information content (AvgIpc) is 2.74. The summed E-state index contributed by atoms with van der Waals surface area (Å²) in [6.07, 6.45) is 1.53. The van der Waals surface area contributed by atoms with Gasteiger partial charge in [-0.15, -0.1) is 0 Å². The molecule has 1 aromatic rings. The zero-order chi connectivity index (χ0) is 16.0. The van der Waals surface area contributed by atoms with Crippen LogP contribution in [0.1, 0.15) is 19.9 Å². The number of rotatable bonds is 8. The summed E-state index contributed by atoms with van der Waals surface area (Å²) in [6.45, 7) is 2.40. The van der Waals surface area contributed by atoms with Crippen molar-refractivity contribution in [2.45, 2.75) is 19.9 Å². The summed E-state index contributed by atoms with van der Waals surface area (Å²) >= 11 is 0. The third-order valence-corrected chi connectivity index (χ3v) is 2.51. The fraction of sp³-hybridized carbons (Fsp3) is 0.500. The molecule has 3 N–H and O–H groups in total. The Morgan fingerprint density at radius 1 is 1.24 bits per heavy atom. The van der Waals surface area contributed by atoms with E-state index in [9.17, 15) is 14.4 Å². The Hall–Kier alpha value is -2.42. The summed E-state index contributed by atoms with van der Waals surface area (Å²) < 4.78 is 1.59. The van der Waals surface area contributed by atoms with E-state index in [1.807, 2.05) is 13.8 Å². The molecule has 21 heavy (non-hydrogen) atoms. The monoisotopic (exact) mass is 298 g/mol. The van der Waals surface area contributed by atoms with Crippen molar-refractivity contribution in [3.05, 3.63) is 12.3 Å². The number of carbonyl (C=O) groups is 3. The van der Waals surface area contributed by atoms with Crippen LogP contribution in [0.5, 0.6) is 0 Å². The number of amides is 1. The van der Waals surface area contributed by atoms with Gasteiger partial charge in [-0.1, -0.05) is 0 Å². The van der Waals surface area contributed by atoms with E-state index in [-0.39, 0.29) is 12.6 Å². The number of hydrogen-bond acceptors (Lipinski definition) is 5. The summed E-state index contributed by atoms with van der Waals surface area (Å²) in [5.74, 6) is -2.42. The highest BCUT2D eigenvalue weighted by Gasteiger charge is 2.18. The van der Waals surface area contributed by atoms with E-state index in [1.54, 1.807) is 10.7 Å².